The van der Waals surface area contributed by atoms with Gasteiger partial charge < -0.3 is 15.4 Å². The summed E-state index contributed by atoms with van der Waals surface area (Å²) in [7, 11) is 1.36. The molecule has 1 aromatic heterocycles. The lowest BCUT2D eigenvalue weighted by molar-refractivity contribution is 0.0602. The van der Waals surface area contributed by atoms with E-state index in [9.17, 15) is 4.79 Å². The molecule has 0 saturated carbocycles. The van der Waals surface area contributed by atoms with Crippen molar-refractivity contribution in [3.05, 3.63) is 70.9 Å². The summed E-state index contributed by atoms with van der Waals surface area (Å²) in [5, 5.41) is 6.45. The highest BCUT2D eigenvalue weighted by molar-refractivity contribution is 5.96. The fraction of sp³-hybridized carbons (Fsp3) is 0.190. The number of hydrogen-bond donors (Lipinski definition) is 2. The van der Waals surface area contributed by atoms with E-state index in [1.165, 1.54) is 12.7 Å². The molecule has 0 radical (unpaired) electrons. The van der Waals surface area contributed by atoms with E-state index in [4.69, 9.17) is 4.74 Å². The summed E-state index contributed by atoms with van der Waals surface area (Å²) in [5.41, 5.74) is 5.14. The van der Waals surface area contributed by atoms with E-state index in [0.29, 0.717) is 23.0 Å². The van der Waals surface area contributed by atoms with Crippen molar-refractivity contribution >= 4 is 29.1 Å². The van der Waals surface area contributed by atoms with E-state index in [2.05, 4.69) is 33.6 Å². The first-order valence-corrected chi connectivity index (χ1v) is 8.60. The number of methoxy groups -OCH3 is 1. The van der Waals surface area contributed by atoms with Gasteiger partial charge >= 0.3 is 5.97 Å². The first kappa shape index (κ1) is 18.4. The van der Waals surface area contributed by atoms with Crippen LogP contribution in [0.4, 0.5) is 23.1 Å². The molecule has 0 amide bonds. The molecule has 0 bridgehead atoms. The maximum absolute atomic E-state index is 12.0. The number of nitrogens with one attached hydrogen (secondary N) is 2. The Balaban J connectivity index is 1.89. The van der Waals surface area contributed by atoms with Crippen LogP contribution in [-0.2, 0) is 4.74 Å². The van der Waals surface area contributed by atoms with Gasteiger partial charge in [-0.25, -0.2) is 9.78 Å². The van der Waals surface area contributed by atoms with E-state index in [1.807, 2.05) is 38.1 Å². The summed E-state index contributed by atoms with van der Waals surface area (Å²) in [6, 6.07) is 15.1. The van der Waals surface area contributed by atoms with Crippen LogP contribution in [0.5, 0.6) is 0 Å². The van der Waals surface area contributed by atoms with Crippen molar-refractivity contribution in [3.8, 4) is 0 Å². The van der Waals surface area contributed by atoms with E-state index >= 15 is 0 Å². The Hall–Kier alpha value is -3.41. The number of rotatable bonds is 5. The molecule has 138 valence electrons. The van der Waals surface area contributed by atoms with Gasteiger partial charge in [0, 0.05) is 17.4 Å². The Morgan fingerprint density at radius 3 is 2.44 bits per heavy atom. The van der Waals surface area contributed by atoms with E-state index in [0.717, 1.165) is 16.9 Å². The molecule has 0 aliphatic heterocycles. The minimum Gasteiger partial charge on any atom is -0.465 e. The minimum absolute atomic E-state index is 0.405. The summed E-state index contributed by atoms with van der Waals surface area (Å²) < 4.78 is 4.84. The number of anilines is 4. The molecule has 2 N–H and O–H groups in total. The highest BCUT2D eigenvalue weighted by Gasteiger charge is 2.12. The molecule has 0 atom stereocenters. The summed E-state index contributed by atoms with van der Waals surface area (Å²) >= 11 is 0. The summed E-state index contributed by atoms with van der Waals surface area (Å²) in [6.45, 7) is 5.99. The second-order valence-electron chi connectivity index (χ2n) is 6.32. The average molecular weight is 362 g/mol. The number of nitrogens with zero attached hydrogens (tertiary/aromatic N) is 2. The summed E-state index contributed by atoms with van der Waals surface area (Å²) in [6.07, 6.45) is 0. The predicted molar refractivity (Wildman–Crippen MR) is 107 cm³/mol. The molecule has 0 unspecified atom stereocenters. The largest absolute Gasteiger partial charge is 0.465 e. The molecular weight excluding hydrogens is 340 g/mol. The monoisotopic (exact) mass is 362 g/mol. The van der Waals surface area contributed by atoms with Crippen LogP contribution in [-0.4, -0.2) is 23.0 Å². The third-order valence-electron chi connectivity index (χ3n) is 4.08. The molecule has 3 rings (SSSR count). The molecule has 6 nitrogen and oxygen atoms in total. The molecule has 0 saturated heterocycles. The lowest BCUT2D eigenvalue weighted by atomic mass is 10.1. The Labute approximate surface area is 158 Å². The Kier molecular flexibility index (Phi) is 5.35. The van der Waals surface area contributed by atoms with Crippen molar-refractivity contribution in [2.45, 2.75) is 20.8 Å². The van der Waals surface area contributed by atoms with Gasteiger partial charge in [-0.2, -0.15) is 4.98 Å². The fourth-order valence-corrected chi connectivity index (χ4v) is 2.78. The molecular formula is C21H22N4O2. The standard InChI is InChI=1S/C21H22N4O2/c1-13-9-10-17(14(2)11-13)24-21-22-15(3)12-19(25-21)23-18-8-6-5-7-16(18)20(26)27-4/h5-12H,1-4H3,(H2,22,23,24,25). The Morgan fingerprint density at radius 2 is 1.70 bits per heavy atom. The molecule has 0 spiro atoms. The van der Waals surface area contributed by atoms with Gasteiger partial charge in [-0.1, -0.05) is 29.8 Å². The van der Waals surface area contributed by atoms with Crippen LogP contribution in [0.15, 0.2) is 48.5 Å². The number of aromatic nitrogens is 2. The molecule has 0 aliphatic carbocycles. The predicted octanol–water partition coefficient (Wildman–Crippen LogP) is 4.68. The van der Waals surface area contributed by atoms with Crippen LogP contribution < -0.4 is 10.6 Å². The maximum Gasteiger partial charge on any atom is 0.339 e. The van der Waals surface area contributed by atoms with Gasteiger partial charge in [0.25, 0.3) is 0 Å². The van der Waals surface area contributed by atoms with Gasteiger partial charge in [0.15, 0.2) is 0 Å². The van der Waals surface area contributed by atoms with Crippen LogP contribution in [0.3, 0.4) is 0 Å². The normalized spacial score (nSPS) is 10.4. The zero-order valence-electron chi connectivity index (χ0n) is 15.8. The van der Waals surface area contributed by atoms with Crippen LogP contribution >= 0.6 is 0 Å². The van der Waals surface area contributed by atoms with Crippen molar-refractivity contribution in [1.29, 1.82) is 0 Å². The molecule has 0 aliphatic rings. The van der Waals surface area contributed by atoms with Crippen molar-refractivity contribution in [2.75, 3.05) is 17.7 Å². The number of esters is 1. The SMILES string of the molecule is COC(=O)c1ccccc1Nc1cc(C)nc(Nc2ccc(C)cc2C)n1. The number of carbonyl (C=O) groups is 1. The number of aryl methyl sites for hydroxylation is 3. The smallest absolute Gasteiger partial charge is 0.339 e. The van der Waals surface area contributed by atoms with Gasteiger partial charge in [-0.05, 0) is 44.5 Å². The van der Waals surface area contributed by atoms with Gasteiger partial charge in [0.1, 0.15) is 5.82 Å². The van der Waals surface area contributed by atoms with Crippen molar-refractivity contribution < 1.29 is 9.53 Å². The van der Waals surface area contributed by atoms with Gasteiger partial charge in [-0.15, -0.1) is 0 Å². The van der Waals surface area contributed by atoms with Crippen LogP contribution in [0.1, 0.15) is 27.2 Å². The number of ether oxygens (including phenoxy) is 1. The third-order valence-corrected chi connectivity index (χ3v) is 4.08. The van der Waals surface area contributed by atoms with Gasteiger partial charge in [0.05, 0.1) is 18.4 Å². The van der Waals surface area contributed by atoms with Crippen molar-refractivity contribution in [2.24, 2.45) is 0 Å². The number of carbonyl (C=O) groups excluding carboxylic acids is 1. The lowest BCUT2D eigenvalue weighted by Gasteiger charge is -2.13. The Bertz CT molecular complexity index is 986. The fourth-order valence-electron chi connectivity index (χ4n) is 2.78. The molecule has 6 heteroatoms. The molecule has 1 heterocycles. The van der Waals surface area contributed by atoms with E-state index < -0.39 is 5.97 Å². The van der Waals surface area contributed by atoms with E-state index in [-0.39, 0.29) is 0 Å². The first-order valence-electron chi connectivity index (χ1n) is 8.60. The zero-order chi connectivity index (χ0) is 19.4. The second-order valence-corrected chi connectivity index (χ2v) is 6.32. The summed E-state index contributed by atoms with van der Waals surface area (Å²) in [4.78, 5) is 20.9. The van der Waals surface area contributed by atoms with Crippen LogP contribution in [0.2, 0.25) is 0 Å². The second kappa shape index (κ2) is 7.86. The molecule has 27 heavy (non-hydrogen) atoms. The van der Waals surface area contributed by atoms with Gasteiger partial charge in [0.2, 0.25) is 5.95 Å². The van der Waals surface area contributed by atoms with Crippen LogP contribution in [0.25, 0.3) is 0 Å². The molecule has 0 fully saturated rings. The maximum atomic E-state index is 12.0. The van der Waals surface area contributed by atoms with Crippen LogP contribution in [0, 0.1) is 20.8 Å². The molecule has 2 aromatic carbocycles. The summed E-state index contributed by atoms with van der Waals surface area (Å²) in [5.74, 6) is 0.670. The lowest BCUT2D eigenvalue weighted by Crippen LogP contribution is -2.07. The zero-order valence-corrected chi connectivity index (χ0v) is 15.8. The first-order chi connectivity index (χ1) is 13.0. The van der Waals surface area contributed by atoms with E-state index in [1.54, 1.807) is 18.2 Å². The highest BCUT2D eigenvalue weighted by atomic mass is 16.5. The molecule has 3 aromatic rings. The highest BCUT2D eigenvalue weighted by Crippen LogP contribution is 2.24. The quantitative estimate of drug-likeness (QED) is 0.642. The van der Waals surface area contributed by atoms with Crippen molar-refractivity contribution in [1.82, 2.24) is 9.97 Å². The minimum atomic E-state index is -0.405. The van der Waals surface area contributed by atoms with Gasteiger partial charge in [-0.3, -0.25) is 0 Å². The number of benzene rings is 2. The third kappa shape index (κ3) is 4.41. The number of para-hydroxylation sites is 1. The van der Waals surface area contributed by atoms with Crippen molar-refractivity contribution in [3.63, 3.8) is 0 Å². The topological polar surface area (TPSA) is 76.1 Å². The number of hydrogen-bond acceptors (Lipinski definition) is 6. The average Bonchev–Trinajstić information content (AvgIpc) is 2.63. The Morgan fingerprint density at radius 1 is 0.926 bits per heavy atom.